The van der Waals surface area contributed by atoms with Gasteiger partial charge in [-0.1, -0.05) is 0 Å². The highest BCUT2D eigenvalue weighted by atomic mass is 35.5. The fourth-order valence-corrected chi connectivity index (χ4v) is 2.25. The molecule has 1 aliphatic rings. The Labute approximate surface area is 88.8 Å². The van der Waals surface area contributed by atoms with Crippen LogP contribution >= 0.6 is 11.6 Å². The molecule has 1 rings (SSSR count). The Balaban J connectivity index is 3.17. The van der Waals surface area contributed by atoms with Gasteiger partial charge in [-0.15, -0.1) is 0 Å². The standard InChI is InChI=1S/C9H15ClN2O2/c1-8(2)6(7(10)13)11-9(3,4)12(8)14-5/h1-5H3. The molecule has 5 heteroatoms. The first kappa shape index (κ1) is 11.6. The zero-order valence-corrected chi connectivity index (χ0v) is 9.84. The molecule has 0 saturated carbocycles. The number of hydrogen-bond donors (Lipinski definition) is 0. The van der Waals surface area contributed by atoms with E-state index in [1.807, 2.05) is 27.7 Å². The monoisotopic (exact) mass is 218 g/mol. The van der Waals surface area contributed by atoms with Crippen molar-refractivity contribution in [1.29, 1.82) is 0 Å². The number of halogens is 1. The average molecular weight is 219 g/mol. The molecule has 0 aromatic carbocycles. The first-order valence-corrected chi connectivity index (χ1v) is 4.76. The maximum absolute atomic E-state index is 11.2. The Bertz CT molecular complexity index is 297. The van der Waals surface area contributed by atoms with Crippen LogP contribution in [0.25, 0.3) is 0 Å². The van der Waals surface area contributed by atoms with E-state index in [4.69, 9.17) is 16.4 Å². The first-order valence-electron chi connectivity index (χ1n) is 4.38. The SMILES string of the molecule is CON1C(C)(C)N=C(C(=O)Cl)C1(C)C. The molecular formula is C9H15ClN2O2. The van der Waals surface area contributed by atoms with Gasteiger partial charge in [0, 0.05) is 0 Å². The highest BCUT2D eigenvalue weighted by Gasteiger charge is 2.50. The smallest absolute Gasteiger partial charge is 0.268 e. The van der Waals surface area contributed by atoms with E-state index >= 15 is 0 Å². The maximum atomic E-state index is 11.2. The van der Waals surface area contributed by atoms with Gasteiger partial charge in [0.1, 0.15) is 11.4 Å². The summed E-state index contributed by atoms with van der Waals surface area (Å²) in [5.74, 6) is 0. The minimum absolute atomic E-state index is 0.339. The van der Waals surface area contributed by atoms with E-state index in [9.17, 15) is 4.79 Å². The normalized spacial score (nSPS) is 24.9. The van der Waals surface area contributed by atoms with Gasteiger partial charge in [0.2, 0.25) is 0 Å². The summed E-state index contributed by atoms with van der Waals surface area (Å²) >= 11 is 5.47. The van der Waals surface area contributed by atoms with Crippen LogP contribution in [0.2, 0.25) is 0 Å². The number of hydrogen-bond acceptors (Lipinski definition) is 4. The van der Waals surface area contributed by atoms with Gasteiger partial charge < -0.3 is 0 Å². The fraction of sp³-hybridized carbons (Fsp3) is 0.778. The van der Waals surface area contributed by atoms with Gasteiger partial charge in [-0.3, -0.25) is 14.6 Å². The maximum Gasteiger partial charge on any atom is 0.268 e. The molecule has 0 aromatic heterocycles. The van der Waals surface area contributed by atoms with Crippen molar-refractivity contribution < 1.29 is 9.63 Å². The minimum Gasteiger partial charge on any atom is -0.299 e. The van der Waals surface area contributed by atoms with Crippen LogP contribution in [0.4, 0.5) is 0 Å². The molecule has 0 aliphatic carbocycles. The zero-order chi connectivity index (χ0) is 11.1. The predicted octanol–water partition coefficient (Wildman–Crippen LogP) is 1.58. The summed E-state index contributed by atoms with van der Waals surface area (Å²) in [6, 6.07) is 0. The molecule has 0 amide bonds. The number of aliphatic imine (C=N–C) groups is 1. The molecule has 80 valence electrons. The molecule has 0 N–H and O–H groups in total. The highest BCUT2D eigenvalue weighted by molar-refractivity contribution is 6.83. The number of rotatable bonds is 2. The Hall–Kier alpha value is -0.450. The van der Waals surface area contributed by atoms with Crippen LogP contribution < -0.4 is 0 Å². The largest absolute Gasteiger partial charge is 0.299 e. The van der Waals surface area contributed by atoms with Crippen molar-refractivity contribution in [3.8, 4) is 0 Å². The Kier molecular flexibility index (Phi) is 2.73. The van der Waals surface area contributed by atoms with Gasteiger partial charge in [0.15, 0.2) is 0 Å². The second-order valence-electron chi connectivity index (χ2n) is 4.26. The second-order valence-corrected chi connectivity index (χ2v) is 4.61. The van der Waals surface area contributed by atoms with Crippen molar-refractivity contribution in [2.45, 2.75) is 38.9 Å². The Morgan fingerprint density at radius 1 is 1.43 bits per heavy atom. The molecular weight excluding hydrogens is 204 g/mol. The lowest BCUT2D eigenvalue weighted by Gasteiger charge is -2.36. The van der Waals surface area contributed by atoms with Gasteiger partial charge in [-0.05, 0) is 39.3 Å². The third-order valence-corrected chi connectivity index (χ3v) is 2.52. The van der Waals surface area contributed by atoms with E-state index in [1.54, 1.807) is 12.2 Å². The zero-order valence-electron chi connectivity index (χ0n) is 9.09. The van der Waals surface area contributed by atoms with Crippen molar-refractivity contribution in [3.63, 3.8) is 0 Å². The van der Waals surface area contributed by atoms with Crippen molar-refractivity contribution in [3.05, 3.63) is 0 Å². The molecule has 0 unspecified atom stereocenters. The van der Waals surface area contributed by atoms with Gasteiger partial charge in [0.25, 0.3) is 5.24 Å². The van der Waals surface area contributed by atoms with Crippen LogP contribution in [-0.4, -0.2) is 34.3 Å². The average Bonchev–Trinajstić information content (AvgIpc) is 2.17. The number of nitrogens with zero attached hydrogens (tertiary/aromatic N) is 2. The number of carbonyl (C=O) groups is 1. The van der Waals surface area contributed by atoms with E-state index in [2.05, 4.69) is 4.99 Å². The lowest BCUT2D eigenvalue weighted by Crippen LogP contribution is -2.52. The van der Waals surface area contributed by atoms with Gasteiger partial charge in [-0.2, -0.15) is 5.06 Å². The molecule has 0 bridgehead atoms. The predicted molar refractivity (Wildman–Crippen MR) is 55.3 cm³/mol. The summed E-state index contributed by atoms with van der Waals surface area (Å²) < 4.78 is 0. The lowest BCUT2D eigenvalue weighted by atomic mass is 9.99. The Morgan fingerprint density at radius 3 is 2.14 bits per heavy atom. The van der Waals surface area contributed by atoms with E-state index in [1.165, 1.54) is 0 Å². The first-order chi connectivity index (χ1) is 6.23. The summed E-state index contributed by atoms with van der Waals surface area (Å²) in [4.78, 5) is 20.7. The highest BCUT2D eigenvalue weighted by Crippen LogP contribution is 2.35. The van der Waals surface area contributed by atoms with Gasteiger partial charge in [-0.25, -0.2) is 0 Å². The fourth-order valence-electron chi connectivity index (χ4n) is 1.97. The Morgan fingerprint density at radius 2 is 1.93 bits per heavy atom. The number of hydroxylamine groups is 2. The van der Waals surface area contributed by atoms with Crippen molar-refractivity contribution in [2.24, 2.45) is 4.99 Å². The van der Waals surface area contributed by atoms with E-state index in [0.717, 1.165) is 0 Å². The van der Waals surface area contributed by atoms with Crippen LogP contribution in [-0.2, 0) is 9.63 Å². The lowest BCUT2D eigenvalue weighted by molar-refractivity contribution is -0.216. The van der Waals surface area contributed by atoms with Gasteiger partial charge >= 0.3 is 0 Å². The quantitative estimate of drug-likeness (QED) is 0.661. The van der Waals surface area contributed by atoms with Crippen LogP contribution in [0.3, 0.4) is 0 Å². The topological polar surface area (TPSA) is 41.9 Å². The summed E-state index contributed by atoms with van der Waals surface area (Å²) in [6.07, 6.45) is 0. The molecule has 0 saturated heterocycles. The molecule has 0 spiro atoms. The van der Waals surface area contributed by atoms with Crippen LogP contribution in [0.15, 0.2) is 4.99 Å². The van der Waals surface area contributed by atoms with Crippen molar-refractivity contribution >= 4 is 22.6 Å². The third kappa shape index (κ3) is 1.58. The van der Waals surface area contributed by atoms with E-state index in [-0.39, 0.29) is 0 Å². The van der Waals surface area contributed by atoms with Gasteiger partial charge in [0.05, 0.1) is 12.6 Å². The molecule has 0 aromatic rings. The molecule has 0 atom stereocenters. The molecule has 0 radical (unpaired) electrons. The molecule has 1 heterocycles. The number of carbonyl (C=O) groups excluding carboxylic acids is 1. The second kappa shape index (κ2) is 3.29. The summed E-state index contributed by atoms with van der Waals surface area (Å²) in [5.41, 5.74) is -0.805. The van der Waals surface area contributed by atoms with Crippen LogP contribution in [0.5, 0.6) is 0 Å². The summed E-state index contributed by atoms with van der Waals surface area (Å²) in [7, 11) is 1.56. The minimum atomic E-state index is -0.586. The van der Waals surface area contributed by atoms with E-state index in [0.29, 0.717) is 5.71 Å². The van der Waals surface area contributed by atoms with Crippen LogP contribution in [0, 0.1) is 0 Å². The van der Waals surface area contributed by atoms with Crippen molar-refractivity contribution in [2.75, 3.05) is 7.11 Å². The third-order valence-electron chi connectivity index (χ3n) is 2.34. The molecule has 4 nitrogen and oxygen atoms in total. The molecule has 0 fully saturated rings. The molecule has 1 aliphatic heterocycles. The summed E-state index contributed by atoms with van der Waals surface area (Å²) in [6.45, 7) is 7.44. The summed E-state index contributed by atoms with van der Waals surface area (Å²) in [5, 5.41) is 1.14. The van der Waals surface area contributed by atoms with Crippen LogP contribution in [0.1, 0.15) is 27.7 Å². The van der Waals surface area contributed by atoms with Crippen molar-refractivity contribution in [1.82, 2.24) is 5.06 Å². The van der Waals surface area contributed by atoms with E-state index < -0.39 is 16.4 Å². The molecule has 14 heavy (non-hydrogen) atoms.